The average Bonchev–Trinajstić information content (AvgIpc) is 3.24. The minimum absolute atomic E-state index is 0.0392. The zero-order valence-corrected chi connectivity index (χ0v) is 17.4. The number of benzene rings is 1. The lowest BCUT2D eigenvalue weighted by Gasteiger charge is -2.36. The highest BCUT2D eigenvalue weighted by atomic mass is 32.1. The zero-order valence-electron chi connectivity index (χ0n) is 16.6. The fourth-order valence-corrected chi connectivity index (χ4v) is 5.11. The molecule has 0 spiro atoms. The second-order valence-electron chi connectivity index (χ2n) is 7.49. The van der Waals surface area contributed by atoms with E-state index in [9.17, 15) is 9.18 Å². The molecule has 5 rings (SSSR count). The molecular weight excluding hydrogens is 403 g/mol. The maximum Gasteiger partial charge on any atom is 0.264 e. The number of piperazine rings is 1. The van der Waals surface area contributed by atoms with Crippen molar-refractivity contribution in [3.05, 3.63) is 53.3 Å². The summed E-state index contributed by atoms with van der Waals surface area (Å²) in [5, 5.41) is 1.03. The van der Waals surface area contributed by atoms with E-state index in [1.165, 1.54) is 17.4 Å². The molecule has 0 bridgehead atoms. The number of nitrogens with zero attached hydrogens (tertiary/aromatic N) is 4. The number of pyridine rings is 1. The number of halogens is 1. The van der Waals surface area contributed by atoms with E-state index in [0.717, 1.165) is 33.9 Å². The predicted molar refractivity (Wildman–Crippen MR) is 117 cm³/mol. The number of rotatable bonds is 3. The smallest absolute Gasteiger partial charge is 0.264 e. The highest BCUT2D eigenvalue weighted by Gasteiger charge is 2.26. The van der Waals surface area contributed by atoms with Crippen LogP contribution in [0.25, 0.3) is 10.1 Å². The van der Waals surface area contributed by atoms with Crippen LogP contribution in [0.1, 0.15) is 9.67 Å². The van der Waals surface area contributed by atoms with Crippen molar-refractivity contribution in [2.75, 3.05) is 62.3 Å². The molecule has 0 unspecified atom stereocenters. The largest absolute Gasteiger partial charge is 0.378 e. The normalized spacial score (nSPS) is 17.6. The van der Waals surface area contributed by atoms with E-state index in [0.29, 0.717) is 45.1 Å². The Balaban J connectivity index is 1.32. The van der Waals surface area contributed by atoms with E-state index in [1.54, 1.807) is 12.1 Å². The van der Waals surface area contributed by atoms with Gasteiger partial charge in [-0.2, -0.15) is 0 Å². The average molecular weight is 427 g/mol. The van der Waals surface area contributed by atoms with Crippen LogP contribution in [0, 0.1) is 5.82 Å². The first kappa shape index (κ1) is 19.3. The number of carbonyl (C=O) groups is 1. The molecule has 8 heteroatoms. The first-order chi connectivity index (χ1) is 14.7. The van der Waals surface area contributed by atoms with Gasteiger partial charge >= 0.3 is 0 Å². The van der Waals surface area contributed by atoms with Gasteiger partial charge in [-0.15, -0.1) is 11.3 Å². The molecule has 3 aromatic rings. The number of morpholine rings is 1. The number of para-hydroxylation sites is 1. The summed E-state index contributed by atoms with van der Waals surface area (Å²) in [6.07, 6.45) is 1.81. The fourth-order valence-electron chi connectivity index (χ4n) is 4.10. The summed E-state index contributed by atoms with van der Waals surface area (Å²) in [4.78, 5) is 24.6. The predicted octanol–water partition coefficient (Wildman–Crippen LogP) is 3.23. The Kier molecular flexibility index (Phi) is 5.26. The van der Waals surface area contributed by atoms with E-state index in [-0.39, 0.29) is 11.7 Å². The molecule has 0 N–H and O–H groups in total. The molecule has 1 aromatic carbocycles. The molecule has 2 fully saturated rings. The van der Waals surface area contributed by atoms with Gasteiger partial charge in [0.15, 0.2) is 0 Å². The van der Waals surface area contributed by atoms with Gasteiger partial charge in [0.1, 0.15) is 11.6 Å². The quantitative estimate of drug-likeness (QED) is 0.644. The number of fused-ring (bicyclic) bond motifs is 1. The number of carbonyl (C=O) groups excluding carboxylic acids is 1. The summed E-state index contributed by atoms with van der Waals surface area (Å²) < 4.78 is 20.6. The standard InChI is InChI=1S/C22H23FN4O2S/c23-17-3-1-2-4-18(17)25-7-9-27(10-8-25)22(28)20-15-16-19(30-20)5-6-24-21(16)26-11-13-29-14-12-26/h1-6,15H,7-14H2. The van der Waals surface area contributed by atoms with Gasteiger partial charge in [-0.3, -0.25) is 4.79 Å². The Morgan fingerprint density at radius 3 is 2.53 bits per heavy atom. The van der Waals surface area contributed by atoms with Gasteiger partial charge < -0.3 is 19.4 Å². The molecule has 2 aromatic heterocycles. The maximum atomic E-state index is 14.1. The molecule has 6 nitrogen and oxygen atoms in total. The monoisotopic (exact) mass is 426 g/mol. The van der Waals surface area contributed by atoms with Crippen molar-refractivity contribution in [1.29, 1.82) is 0 Å². The number of anilines is 2. The van der Waals surface area contributed by atoms with E-state index >= 15 is 0 Å². The van der Waals surface area contributed by atoms with E-state index < -0.39 is 0 Å². The van der Waals surface area contributed by atoms with E-state index in [4.69, 9.17) is 4.74 Å². The number of thiophene rings is 1. The Bertz CT molecular complexity index is 1060. The summed E-state index contributed by atoms with van der Waals surface area (Å²) in [5.41, 5.74) is 0.604. The van der Waals surface area contributed by atoms with Gasteiger partial charge in [0, 0.05) is 55.6 Å². The van der Waals surface area contributed by atoms with Crippen LogP contribution >= 0.6 is 11.3 Å². The fraction of sp³-hybridized carbons (Fsp3) is 0.364. The van der Waals surface area contributed by atoms with Crippen LogP contribution in [-0.4, -0.2) is 68.3 Å². The van der Waals surface area contributed by atoms with Crippen LogP contribution in [-0.2, 0) is 4.74 Å². The van der Waals surface area contributed by atoms with Crippen LogP contribution in [0.15, 0.2) is 42.6 Å². The van der Waals surface area contributed by atoms with Crippen molar-refractivity contribution in [3.63, 3.8) is 0 Å². The molecule has 0 aliphatic carbocycles. The third-order valence-corrected chi connectivity index (χ3v) is 6.79. The molecule has 0 radical (unpaired) electrons. The second kappa shape index (κ2) is 8.20. The lowest BCUT2D eigenvalue weighted by atomic mass is 10.2. The number of ether oxygens (including phenoxy) is 1. The molecule has 0 saturated carbocycles. The Labute approximate surface area is 178 Å². The van der Waals surface area contributed by atoms with Crippen molar-refractivity contribution in [2.24, 2.45) is 0 Å². The summed E-state index contributed by atoms with van der Waals surface area (Å²) >= 11 is 1.51. The molecule has 0 atom stereocenters. The number of aromatic nitrogens is 1. The summed E-state index contributed by atoms with van der Waals surface area (Å²) in [6.45, 7) is 5.41. The van der Waals surface area contributed by atoms with Gasteiger partial charge in [0.2, 0.25) is 0 Å². The van der Waals surface area contributed by atoms with Crippen molar-refractivity contribution < 1.29 is 13.9 Å². The first-order valence-electron chi connectivity index (χ1n) is 10.2. The number of amides is 1. The molecular formula is C22H23FN4O2S. The second-order valence-corrected chi connectivity index (χ2v) is 8.57. The minimum Gasteiger partial charge on any atom is -0.378 e. The lowest BCUT2D eigenvalue weighted by molar-refractivity contribution is 0.0751. The van der Waals surface area contributed by atoms with Crippen LogP contribution in [0.3, 0.4) is 0 Å². The molecule has 1 amide bonds. The summed E-state index contributed by atoms with van der Waals surface area (Å²) in [5.74, 6) is 0.748. The van der Waals surface area contributed by atoms with Gasteiger partial charge in [0.05, 0.1) is 23.8 Å². The van der Waals surface area contributed by atoms with Crippen molar-refractivity contribution in [3.8, 4) is 0 Å². The van der Waals surface area contributed by atoms with Crippen LogP contribution in [0.2, 0.25) is 0 Å². The van der Waals surface area contributed by atoms with Gasteiger partial charge in [-0.25, -0.2) is 9.37 Å². The highest BCUT2D eigenvalue weighted by molar-refractivity contribution is 7.20. The van der Waals surface area contributed by atoms with E-state index in [2.05, 4.69) is 9.88 Å². The Morgan fingerprint density at radius 2 is 1.77 bits per heavy atom. The SMILES string of the molecule is O=C(c1cc2c(N3CCOCC3)nccc2s1)N1CCN(c2ccccc2F)CC1. The third-order valence-electron chi connectivity index (χ3n) is 5.71. The molecule has 2 aliphatic rings. The summed E-state index contributed by atoms with van der Waals surface area (Å²) in [6, 6.07) is 10.7. The molecule has 2 saturated heterocycles. The Hall–Kier alpha value is -2.71. The molecule has 30 heavy (non-hydrogen) atoms. The molecule has 156 valence electrons. The minimum atomic E-state index is -0.218. The molecule has 2 aliphatic heterocycles. The number of hydrogen-bond acceptors (Lipinski definition) is 6. The van der Waals surface area contributed by atoms with Crippen LogP contribution < -0.4 is 9.80 Å². The first-order valence-corrected chi connectivity index (χ1v) is 11.0. The van der Waals surface area contributed by atoms with Crippen LogP contribution in [0.4, 0.5) is 15.9 Å². The number of hydrogen-bond donors (Lipinski definition) is 0. The van der Waals surface area contributed by atoms with Gasteiger partial charge in [-0.1, -0.05) is 12.1 Å². The van der Waals surface area contributed by atoms with Crippen LogP contribution in [0.5, 0.6) is 0 Å². The summed E-state index contributed by atoms with van der Waals surface area (Å²) in [7, 11) is 0. The van der Waals surface area contributed by atoms with Gasteiger partial charge in [0.25, 0.3) is 5.91 Å². The van der Waals surface area contributed by atoms with Crippen molar-refractivity contribution in [2.45, 2.75) is 0 Å². The third kappa shape index (κ3) is 3.61. The topological polar surface area (TPSA) is 48.9 Å². The molecule has 4 heterocycles. The lowest BCUT2D eigenvalue weighted by Crippen LogP contribution is -2.48. The zero-order chi connectivity index (χ0) is 20.5. The van der Waals surface area contributed by atoms with Gasteiger partial charge in [-0.05, 0) is 24.3 Å². The van der Waals surface area contributed by atoms with Crippen molar-refractivity contribution in [1.82, 2.24) is 9.88 Å². The van der Waals surface area contributed by atoms with E-state index in [1.807, 2.05) is 34.2 Å². The highest BCUT2D eigenvalue weighted by Crippen LogP contribution is 2.33. The Morgan fingerprint density at radius 1 is 1.00 bits per heavy atom. The van der Waals surface area contributed by atoms with Crippen molar-refractivity contribution >= 4 is 38.8 Å². The maximum absolute atomic E-state index is 14.1.